The van der Waals surface area contributed by atoms with Crippen LogP contribution in [0.4, 0.5) is 4.39 Å². The minimum atomic E-state index is -0.348. The Morgan fingerprint density at radius 3 is 2.36 bits per heavy atom. The molecule has 0 unspecified atom stereocenters. The van der Waals surface area contributed by atoms with Crippen LogP contribution < -0.4 is 0 Å². The summed E-state index contributed by atoms with van der Waals surface area (Å²) in [5, 5.41) is 12.5. The van der Waals surface area contributed by atoms with Gasteiger partial charge in [0.1, 0.15) is 11.6 Å². The van der Waals surface area contributed by atoms with Gasteiger partial charge in [-0.15, -0.1) is 0 Å². The number of fused-ring (bicyclic) bond motifs is 1. The van der Waals surface area contributed by atoms with Crippen LogP contribution in [-0.4, -0.2) is 47.0 Å². The van der Waals surface area contributed by atoms with Crippen LogP contribution in [0.25, 0.3) is 10.8 Å². The molecule has 1 N–H and O–H groups in total. The molecule has 1 saturated heterocycles. The van der Waals surface area contributed by atoms with Crippen molar-refractivity contribution < 1.29 is 14.3 Å². The Balaban J connectivity index is 1.43. The van der Waals surface area contributed by atoms with Crippen molar-refractivity contribution in [2.75, 3.05) is 26.2 Å². The second-order valence-corrected chi connectivity index (χ2v) is 7.43. The molecule has 1 heterocycles. The molecule has 0 saturated carbocycles. The first-order valence-corrected chi connectivity index (χ1v) is 9.56. The van der Waals surface area contributed by atoms with Gasteiger partial charge in [-0.05, 0) is 40.6 Å². The largest absolute Gasteiger partial charge is 0.507 e. The van der Waals surface area contributed by atoms with Gasteiger partial charge in [0.15, 0.2) is 0 Å². The fourth-order valence-corrected chi connectivity index (χ4v) is 3.80. The van der Waals surface area contributed by atoms with Gasteiger partial charge >= 0.3 is 0 Å². The first kappa shape index (κ1) is 18.7. The van der Waals surface area contributed by atoms with E-state index in [0.717, 1.165) is 16.3 Å². The number of aromatic hydroxyl groups is 1. The molecule has 3 aromatic rings. The molecule has 0 radical (unpaired) electrons. The minimum absolute atomic E-state index is 0.00391. The highest BCUT2D eigenvalue weighted by molar-refractivity contribution is 6.31. The number of carbonyl (C=O) groups excluding carboxylic acids is 1. The van der Waals surface area contributed by atoms with Crippen LogP contribution in [0.5, 0.6) is 5.75 Å². The third kappa shape index (κ3) is 3.81. The van der Waals surface area contributed by atoms with Gasteiger partial charge in [-0.25, -0.2) is 4.39 Å². The lowest BCUT2D eigenvalue weighted by molar-refractivity contribution is 0.0626. The standard InChI is InChI=1S/C22H20ClFN2O2/c23-20-13-18(24)6-5-17(20)14-25-7-9-26(10-8-25)22(28)19-11-15-3-1-2-4-16(15)12-21(19)27/h1-6,11-13,27H,7-10,14H2. The van der Waals surface area contributed by atoms with Crippen LogP contribution in [0.2, 0.25) is 5.02 Å². The van der Waals surface area contributed by atoms with Gasteiger partial charge in [-0.2, -0.15) is 0 Å². The van der Waals surface area contributed by atoms with Crippen molar-refractivity contribution >= 4 is 28.3 Å². The lowest BCUT2D eigenvalue weighted by atomic mass is 10.0. The van der Waals surface area contributed by atoms with E-state index in [-0.39, 0.29) is 17.5 Å². The Morgan fingerprint density at radius 1 is 1.00 bits per heavy atom. The second kappa shape index (κ2) is 7.78. The minimum Gasteiger partial charge on any atom is -0.507 e. The number of phenols is 1. The first-order chi connectivity index (χ1) is 13.5. The van der Waals surface area contributed by atoms with Crippen molar-refractivity contribution in [3.8, 4) is 5.75 Å². The summed E-state index contributed by atoms with van der Waals surface area (Å²) in [7, 11) is 0. The molecule has 1 amide bonds. The van der Waals surface area contributed by atoms with E-state index in [1.165, 1.54) is 12.1 Å². The molecule has 0 spiro atoms. The third-order valence-electron chi connectivity index (χ3n) is 5.16. The average molecular weight is 399 g/mol. The molecule has 4 rings (SSSR count). The summed E-state index contributed by atoms with van der Waals surface area (Å²) in [5.74, 6) is -0.508. The summed E-state index contributed by atoms with van der Waals surface area (Å²) >= 11 is 6.11. The highest BCUT2D eigenvalue weighted by Crippen LogP contribution is 2.27. The fraction of sp³-hybridized carbons (Fsp3) is 0.227. The summed E-state index contributed by atoms with van der Waals surface area (Å²) in [6, 6.07) is 15.4. The molecular weight excluding hydrogens is 379 g/mol. The molecule has 1 aliphatic rings. The van der Waals surface area contributed by atoms with Crippen LogP contribution in [0.1, 0.15) is 15.9 Å². The van der Waals surface area contributed by atoms with E-state index < -0.39 is 0 Å². The lowest BCUT2D eigenvalue weighted by Crippen LogP contribution is -2.48. The van der Waals surface area contributed by atoms with Crippen molar-refractivity contribution in [3.63, 3.8) is 0 Å². The highest BCUT2D eigenvalue weighted by Gasteiger charge is 2.24. The third-order valence-corrected chi connectivity index (χ3v) is 5.51. The van der Waals surface area contributed by atoms with Crippen molar-refractivity contribution in [2.24, 2.45) is 0 Å². The highest BCUT2D eigenvalue weighted by atomic mass is 35.5. The molecular formula is C22H20ClFN2O2. The quantitative estimate of drug-likeness (QED) is 0.715. The van der Waals surface area contributed by atoms with E-state index >= 15 is 0 Å². The van der Waals surface area contributed by atoms with Crippen LogP contribution in [0.15, 0.2) is 54.6 Å². The Labute approximate surface area is 167 Å². The molecule has 0 aromatic heterocycles. The zero-order chi connectivity index (χ0) is 19.7. The summed E-state index contributed by atoms with van der Waals surface area (Å²) in [6.07, 6.45) is 0. The topological polar surface area (TPSA) is 43.8 Å². The lowest BCUT2D eigenvalue weighted by Gasteiger charge is -2.35. The van der Waals surface area contributed by atoms with Crippen molar-refractivity contribution in [1.29, 1.82) is 0 Å². The van der Waals surface area contributed by atoms with Crippen molar-refractivity contribution in [3.05, 3.63) is 76.6 Å². The normalized spacial score (nSPS) is 15.1. The van der Waals surface area contributed by atoms with Crippen LogP contribution in [0.3, 0.4) is 0 Å². The van der Waals surface area contributed by atoms with Crippen LogP contribution in [0, 0.1) is 5.82 Å². The summed E-state index contributed by atoms with van der Waals surface area (Å²) in [5.41, 5.74) is 1.20. The number of nitrogens with zero attached hydrogens (tertiary/aromatic N) is 2. The number of benzene rings is 3. The Kier molecular flexibility index (Phi) is 5.20. The SMILES string of the molecule is O=C(c1cc2ccccc2cc1O)N1CCN(Cc2ccc(F)cc2Cl)CC1. The van der Waals surface area contributed by atoms with Crippen LogP contribution >= 0.6 is 11.6 Å². The smallest absolute Gasteiger partial charge is 0.257 e. The maximum atomic E-state index is 13.2. The first-order valence-electron chi connectivity index (χ1n) is 9.18. The van der Waals surface area contributed by atoms with Gasteiger partial charge in [0.2, 0.25) is 0 Å². The number of rotatable bonds is 3. The average Bonchev–Trinajstić information content (AvgIpc) is 2.69. The molecule has 0 bridgehead atoms. The predicted octanol–water partition coefficient (Wildman–Crippen LogP) is 4.30. The van der Waals surface area contributed by atoms with Gasteiger partial charge in [-0.3, -0.25) is 9.69 Å². The van der Waals surface area contributed by atoms with Crippen LogP contribution in [-0.2, 0) is 6.54 Å². The fourth-order valence-electron chi connectivity index (χ4n) is 3.57. The van der Waals surface area contributed by atoms with E-state index in [1.54, 1.807) is 23.1 Å². The predicted molar refractivity (Wildman–Crippen MR) is 108 cm³/mol. The van der Waals surface area contributed by atoms with E-state index in [2.05, 4.69) is 4.90 Å². The second-order valence-electron chi connectivity index (χ2n) is 7.02. The van der Waals surface area contributed by atoms with E-state index in [1.807, 2.05) is 24.3 Å². The summed E-state index contributed by atoms with van der Waals surface area (Å²) in [6.45, 7) is 3.11. The molecule has 0 atom stereocenters. The summed E-state index contributed by atoms with van der Waals surface area (Å²) < 4.78 is 13.2. The van der Waals surface area contributed by atoms with Crippen molar-refractivity contribution in [2.45, 2.75) is 6.54 Å². The zero-order valence-electron chi connectivity index (χ0n) is 15.2. The van der Waals surface area contributed by atoms with Gasteiger partial charge in [-0.1, -0.05) is 41.9 Å². The monoisotopic (exact) mass is 398 g/mol. The molecule has 1 aliphatic heterocycles. The maximum Gasteiger partial charge on any atom is 0.257 e. The molecule has 28 heavy (non-hydrogen) atoms. The molecule has 0 aliphatic carbocycles. The maximum absolute atomic E-state index is 13.2. The zero-order valence-corrected chi connectivity index (χ0v) is 16.0. The van der Waals surface area contributed by atoms with Gasteiger partial charge in [0, 0.05) is 37.7 Å². The van der Waals surface area contributed by atoms with Gasteiger partial charge in [0.05, 0.1) is 5.56 Å². The Morgan fingerprint density at radius 2 is 1.68 bits per heavy atom. The molecule has 6 heteroatoms. The molecule has 144 valence electrons. The van der Waals surface area contributed by atoms with E-state index in [4.69, 9.17) is 11.6 Å². The number of hydrogen-bond acceptors (Lipinski definition) is 3. The van der Waals surface area contributed by atoms with Crippen molar-refractivity contribution in [1.82, 2.24) is 9.80 Å². The van der Waals surface area contributed by atoms with Gasteiger partial charge in [0.25, 0.3) is 5.91 Å². The molecule has 1 fully saturated rings. The summed E-state index contributed by atoms with van der Waals surface area (Å²) in [4.78, 5) is 16.8. The molecule has 3 aromatic carbocycles. The Bertz CT molecular complexity index is 1030. The van der Waals surface area contributed by atoms with Gasteiger partial charge < -0.3 is 10.0 Å². The number of piperazine rings is 1. The number of hydrogen-bond donors (Lipinski definition) is 1. The molecule has 4 nitrogen and oxygen atoms in total. The number of amides is 1. The van der Waals surface area contributed by atoms with E-state index in [9.17, 15) is 14.3 Å². The van der Waals surface area contributed by atoms with E-state index in [0.29, 0.717) is 43.3 Å². The number of carbonyl (C=O) groups is 1. The Hall–Kier alpha value is -2.63. The number of halogens is 2. The number of phenolic OH excluding ortho intramolecular Hbond substituents is 1.